The topological polar surface area (TPSA) is 64.9 Å². The first-order valence-electron chi connectivity index (χ1n) is 4.24. The minimum atomic E-state index is -4.40. The highest BCUT2D eigenvalue weighted by atomic mass is 19.4. The lowest BCUT2D eigenvalue weighted by Crippen LogP contribution is -2.04. The molecule has 0 unspecified atom stereocenters. The van der Waals surface area contributed by atoms with Crippen LogP contribution in [0.1, 0.15) is 5.56 Å². The first-order valence-corrected chi connectivity index (χ1v) is 4.24. The molecule has 0 amide bonds. The summed E-state index contributed by atoms with van der Waals surface area (Å²) in [5.74, 6) is -0.0423. The molecular formula is C9H6F3N3O. The molecule has 0 atom stereocenters. The van der Waals surface area contributed by atoms with Crippen LogP contribution in [0.2, 0.25) is 0 Å². The van der Waals surface area contributed by atoms with E-state index in [1.165, 1.54) is 12.1 Å². The second-order valence-corrected chi connectivity index (χ2v) is 3.08. The fourth-order valence-electron chi connectivity index (χ4n) is 1.24. The van der Waals surface area contributed by atoms with Crippen LogP contribution in [0.3, 0.4) is 0 Å². The SMILES string of the molecule is Nc1nonc1-c1cccc(C(F)(F)F)c1. The van der Waals surface area contributed by atoms with Gasteiger partial charge in [0, 0.05) is 5.56 Å². The summed E-state index contributed by atoms with van der Waals surface area (Å²) in [5.41, 5.74) is 4.93. The van der Waals surface area contributed by atoms with Crippen molar-refractivity contribution in [3.8, 4) is 11.3 Å². The molecule has 7 heteroatoms. The summed E-state index contributed by atoms with van der Waals surface area (Å²) in [5, 5.41) is 6.73. The van der Waals surface area contributed by atoms with Gasteiger partial charge in [0.25, 0.3) is 0 Å². The van der Waals surface area contributed by atoms with E-state index in [0.29, 0.717) is 0 Å². The average molecular weight is 229 g/mol. The minimum Gasteiger partial charge on any atom is -0.379 e. The highest BCUT2D eigenvalue weighted by Crippen LogP contribution is 2.32. The van der Waals surface area contributed by atoms with E-state index in [4.69, 9.17) is 5.73 Å². The third kappa shape index (κ3) is 1.83. The van der Waals surface area contributed by atoms with Gasteiger partial charge in [0.1, 0.15) is 0 Å². The van der Waals surface area contributed by atoms with E-state index >= 15 is 0 Å². The Kier molecular flexibility index (Phi) is 2.30. The second kappa shape index (κ2) is 3.51. The number of halogens is 3. The van der Waals surface area contributed by atoms with Crippen LogP contribution in [-0.4, -0.2) is 10.3 Å². The Hall–Kier alpha value is -2.05. The maximum absolute atomic E-state index is 12.4. The number of benzene rings is 1. The highest BCUT2D eigenvalue weighted by Gasteiger charge is 2.30. The molecule has 16 heavy (non-hydrogen) atoms. The normalized spacial score (nSPS) is 11.7. The number of alkyl halides is 3. The molecule has 0 aliphatic heterocycles. The van der Waals surface area contributed by atoms with Crippen molar-refractivity contribution >= 4 is 5.82 Å². The molecule has 4 nitrogen and oxygen atoms in total. The lowest BCUT2D eigenvalue weighted by atomic mass is 10.1. The minimum absolute atomic E-state index is 0.0423. The summed E-state index contributed by atoms with van der Waals surface area (Å²) in [7, 11) is 0. The van der Waals surface area contributed by atoms with Crippen molar-refractivity contribution in [2.24, 2.45) is 0 Å². The van der Waals surface area contributed by atoms with Crippen molar-refractivity contribution in [2.75, 3.05) is 5.73 Å². The fourth-order valence-corrected chi connectivity index (χ4v) is 1.24. The van der Waals surface area contributed by atoms with Crippen LogP contribution < -0.4 is 5.73 Å². The summed E-state index contributed by atoms with van der Waals surface area (Å²) in [4.78, 5) is 0. The van der Waals surface area contributed by atoms with Gasteiger partial charge in [-0.3, -0.25) is 0 Å². The van der Waals surface area contributed by atoms with Gasteiger partial charge in [-0.1, -0.05) is 12.1 Å². The number of nitrogen functional groups attached to an aromatic ring is 1. The molecule has 1 aromatic carbocycles. The zero-order valence-corrected chi connectivity index (χ0v) is 7.82. The lowest BCUT2D eigenvalue weighted by Gasteiger charge is -2.07. The molecule has 0 bridgehead atoms. The van der Waals surface area contributed by atoms with Gasteiger partial charge >= 0.3 is 6.18 Å². The molecular weight excluding hydrogens is 223 g/mol. The van der Waals surface area contributed by atoms with Crippen LogP contribution >= 0.6 is 0 Å². The Morgan fingerprint density at radius 2 is 1.94 bits per heavy atom. The van der Waals surface area contributed by atoms with Gasteiger partial charge in [0.15, 0.2) is 11.5 Å². The summed E-state index contributed by atoms with van der Waals surface area (Å²) in [6.45, 7) is 0. The Morgan fingerprint density at radius 3 is 2.50 bits per heavy atom. The predicted molar refractivity (Wildman–Crippen MR) is 49.1 cm³/mol. The smallest absolute Gasteiger partial charge is 0.379 e. The molecule has 2 N–H and O–H groups in total. The van der Waals surface area contributed by atoms with Gasteiger partial charge in [-0.2, -0.15) is 13.2 Å². The van der Waals surface area contributed by atoms with Gasteiger partial charge in [-0.15, -0.1) is 0 Å². The highest BCUT2D eigenvalue weighted by molar-refractivity contribution is 5.69. The lowest BCUT2D eigenvalue weighted by molar-refractivity contribution is -0.137. The van der Waals surface area contributed by atoms with Crippen LogP contribution in [0.15, 0.2) is 28.9 Å². The third-order valence-corrected chi connectivity index (χ3v) is 1.98. The first-order chi connectivity index (χ1) is 7.48. The Bertz CT molecular complexity index is 507. The standard InChI is InChI=1S/C9H6F3N3O/c10-9(11,12)6-3-1-2-5(4-6)7-8(13)15-16-14-7/h1-4H,(H2,13,15). The quantitative estimate of drug-likeness (QED) is 0.815. The summed E-state index contributed by atoms with van der Waals surface area (Å²) < 4.78 is 41.6. The van der Waals surface area contributed by atoms with Gasteiger partial charge in [0.05, 0.1) is 5.56 Å². The van der Waals surface area contributed by atoms with Gasteiger partial charge in [-0.25, -0.2) is 4.63 Å². The molecule has 1 aromatic heterocycles. The number of hydrogen-bond acceptors (Lipinski definition) is 4. The fraction of sp³-hybridized carbons (Fsp3) is 0.111. The summed E-state index contributed by atoms with van der Waals surface area (Å²) in [6.07, 6.45) is -4.40. The van der Waals surface area contributed by atoms with Crippen molar-refractivity contribution in [2.45, 2.75) is 6.18 Å². The van der Waals surface area contributed by atoms with E-state index in [9.17, 15) is 13.2 Å². The zero-order chi connectivity index (χ0) is 11.8. The Labute approximate surface area is 87.8 Å². The molecule has 0 radical (unpaired) electrons. The molecule has 1 heterocycles. The van der Waals surface area contributed by atoms with Crippen LogP contribution in [0, 0.1) is 0 Å². The van der Waals surface area contributed by atoms with Crippen molar-refractivity contribution < 1.29 is 17.8 Å². The average Bonchev–Trinajstić information content (AvgIpc) is 2.63. The van der Waals surface area contributed by atoms with E-state index in [1.807, 2.05) is 0 Å². The monoisotopic (exact) mass is 229 g/mol. The van der Waals surface area contributed by atoms with Crippen LogP contribution in [0.4, 0.5) is 19.0 Å². The molecule has 0 spiro atoms. The van der Waals surface area contributed by atoms with E-state index in [2.05, 4.69) is 14.9 Å². The maximum Gasteiger partial charge on any atom is 0.416 e. The number of rotatable bonds is 1. The summed E-state index contributed by atoms with van der Waals surface area (Å²) in [6, 6.07) is 4.63. The maximum atomic E-state index is 12.4. The van der Waals surface area contributed by atoms with Crippen LogP contribution in [-0.2, 0) is 6.18 Å². The van der Waals surface area contributed by atoms with Crippen molar-refractivity contribution in [1.29, 1.82) is 0 Å². The van der Waals surface area contributed by atoms with Crippen molar-refractivity contribution in [3.05, 3.63) is 29.8 Å². The van der Waals surface area contributed by atoms with E-state index in [-0.39, 0.29) is 17.1 Å². The van der Waals surface area contributed by atoms with E-state index in [0.717, 1.165) is 12.1 Å². The van der Waals surface area contributed by atoms with Crippen molar-refractivity contribution in [3.63, 3.8) is 0 Å². The number of anilines is 1. The predicted octanol–water partition coefficient (Wildman–Crippen LogP) is 2.34. The molecule has 0 aliphatic rings. The van der Waals surface area contributed by atoms with Gasteiger partial charge in [-0.05, 0) is 22.4 Å². The Balaban J connectivity index is 2.49. The number of nitrogens with two attached hydrogens (primary N) is 1. The van der Waals surface area contributed by atoms with E-state index < -0.39 is 11.7 Å². The molecule has 2 aromatic rings. The molecule has 2 rings (SSSR count). The number of nitrogens with zero attached hydrogens (tertiary/aromatic N) is 2. The molecule has 84 valence electrons. The third-order valence-electron chi connectivity index (χ3n) is 1.98. The van der Waals surface area contributed by atoms with E-state index in [1.54, 1.807) is 0 Å². The van der Waals surface area contributed by atoms with Crippen molar-refractivity contribution in [1.82, 2.24) is 10.3 Å². The molecule has 0 fully saturated rings. The largest absolute Gasteiger partial charge is 0.416 e. The molecule has 0 aliphatic carbocycles. The Morgan fingerprint density at radius 1 is 1.19 bits per heavy atom. The zero-order valence-electron chi connectivity index (χ0n) is 7.82. The van der Waals surface area contributed by atoms with Crippen LogP contribution in [0.25, 0.3) is 11.3 Å². The number of hydrogen-bond donors (Lipinski definition) is 1. The second-order valence-electron chi connectivity index (χ2n) is 3.08. The molecule has 0 saturated carbocycles. The summed E-state index contributed by atoms with van der Waals surface area (Å²) >= 11 is 0. The van der Waals surface area contributed by atoms with Crippen LogP contribution in [0.5, 0.6) is 0 Å². The molecule has 0 saturated heterocycles. The van der Waals surface area contributed by atoms with Gasteiger partial charge in [0.2, 0.25) is 0 Å². The first kappa shape index (κ1) is 10.5. The number of aromatic nitrogens is 2. The van der Waals surface area contributed by atoms with Gasteiger partial charge < -0.3 is 5.73 Å².